The van der Waals surface area contributed by atoms with Gasteiger partial charge in [0.05, 0.1) is 5.69 Å². The number of thiazole rings is 1. The predicted octanol–water partition coefficient (Wildman–Crippen LogP) is 3.36. The summed E-state index contributed by atoms with van der Waals surface area (Å²) in [6, 6.07) is 5.99. The lowest BCUT2D eigenvalue weighted by molar-refractivity contribution is 0.103. The molecule has 2 rings (SSSR count). The number of amides is 1. The molecule has 4 nitrogen and oxygen atoms in total. The molecule has 2 N–H and O–H groups in total. The summed E-state index contributed by atoms with van der Waals surface area (Å²) in [4.78, 5) is 17.1. The summed E-state index contributed by atoms with van der Waals surface area (Å²) in [5, 5.41) is 6.63. The minimum Gasteiger partial charge on any atom is -0.365 e. The Balaban J connectivity index is 2.22. The third-order valence-electron chi connectivity index (χ3n) is 2.70. The van der Waals surface area contributed by atoms with Crippen molar-refractivity contribution in [2.24, 2.45) is 0 Å². The third-order valence-corrected chi connectivity index (χ3v) is 3.87. The van der Waals surface area contributed by atoms with E-state index in [0.717, 1.165) is 27.6 Å². The third kappa shape index (κ3) is 3.12. The molecule has 0 fully saturated rings. The zero-order valence-electron chi connectivity index (χ0n) is 11.5. The summed E-state index contributed by atoms with van der Waals surface area (Å²) >= 11 is 1.36. The molecule has 0 aliphatic heterocycles. The minimum atomic E-state index is -0.110. The molecular formula is C14H17N3OS. The van der Waals surface area contributed by atoms with Crippen molar-refractivity contribution in [2.45, 2.75) is 20.8 Å². The Kier molecular flexibility index (Phi) is 3.85. The van der Waals surface area contributed by atoms with Gasteiger partial charge in [0.15, 0.2) is 5.13 Å². The predicted molar refractivity (Wildman–Crippen MR) is 80.3 cm³/mol. The number of anilines is 2. The Labute approximate surface area is 116 Å². The Hall–Kier alpha value is -1.88. The minimum absolute atomic E-state index is 0.110. The highest BCUT2D eigenvalue weighted by Crippen LogP contribution is 2.23. The van der Waals surface area contributed by atoms with Crippen LogP contribution in [-0.2, 0) is 0 Å². The molecule has 0 atom stereocenters. The van der Waals surface area contributed by atoms with Gasteiger partial charge >= 0.3 is 0 Å². The molecule has 0 aliphatic rings. The molecule has 0 saturated heterocycles. The van der Waals surface area contributed by atoms with Gasteiger partial charge in [-0.2, -0.15) is 0 Å². The van der Waals surface area contributed by atoms with Gasteiger partial charge < -0.3 is 10.6 Å². The highest BCUT2D eigenvalue weighted by Gasteiger charge is 2.15. The number of aryl methyl sites for hydroxylation is 3. The number of nitrogens with one attached hydrogen (secondary N) is 2. The van der Waals surface area contributed by atoms with Crippen molar-refractivity contribution < 1.29 is 4.79 Å². The number of nitrogens with zero attached hydrogens (tertiary/aromatic N) is 1. The molecule has 0 bridgehead atoms. The molecule has 5 heteroatoms. The van der Waals surface area contributed by atoms with Crippen LogP contribution in [0, 0.1) is 20.8 Å². The molecule has 1 aromatic heterocycles. The quantitative estimate of drug-likeness (QED) is 0.903. The Morgan fingerprint density at radius 2 is 1.79 bits per heavy atom. The maximum Gasteiger partial charge on any atom is 0.267 e. The fraction of sp³-hybridized carbons (Fsp3) is 0.286. The van der Waals surface area contributed by atoms with E-state index < -0.39 is 0 Å². The van der Waals surface area contributed by atoms with E-state index in [-0.39, 0.29) is 5.91 Å². The van der Waals surface area contributed by atoms with Crippen LogP contribution >= 0.6 is 11.3 Å². The molecule has 1 heterocycles. The van der Waals surface area contributed by atoms with Crippen LogP contribution in [0.3, 0.4) is 0 Å². The molecule has 0 saturated carbocycles. The summed E-state index contributed by atoms with van der Waals surface area (Å²) in [5.74, 6) is -0.110. The average Bonchev–Trinajstić information content (AvgIpc) is 2.69. The van der Waals surface area contributed by atoms with Crippen molar-refractivity contribution in [1.82, 2.24) is 4.98 Å². The zero-order chi connectivity index (χ0) is 14.0. The summed E-state index contributed by atoms with van der Waals surface area (Å²) in [6.45, 7) is 5.87. The van der Waals surface area contributed by atoms with Crippen LogP contribution in [0.15, 0.2) is 18.2 Å². The lowest BCUT2D eigenvalue weighted by Gasteiger charge is -2.06. The van der Waals surface area contributed by atoms with Gasteiger partial charge in [0, 0.05) is 12.7 Å². The first kappa shape index (κ1) is 13.5. The monoisotopic (exact) mass is 275 g/mol. The van der Waals surface area contributed by atoms with Crippen LogP contribution in [0.25, 0.3) is 0 Å². The lowest BCUT2D eigenvalue weighted by Crippen LogP contribution is -2.11. The van der Waals surface area contributed by atoms with E-state index in [4.69, 9.17) is 0 Å². The Morgan fingerprint density at radius 1 is 1.16 bits per heavy atom. The summed E-state index contributed by atoms with van der Waals surface area (Å²) < 4.78 is 0. The van der Waals surface area contributed by atoms with Gasteiger partial charge in [-0.15, -0.1) is 0 Å². The number of hydrogen-bond donors (Lipinski definition) is 2. The molecule has 100 valence electrons. The van der Waals surface area contributed by atoms with Crippen molar-refractivity contribution in [1.29, 1.82) is 0 Å². The maximum absolute atomic E-state index is 12.2. The number of carbonyl (C=O) groups excluding carboxylic acids is 1. The van der Waals surface area contributed by atoms with E-state index in [1.54, 1.807) is 7.05 Å². The van der Waals surface area contributed by atoms with Gasteiger partial charge in [-0.25, -0.2) is 4.98 Å². The van der Waals surface area contributed by atoms with Crippen LogP contribution in [0.4, 0.5) is 10.8 Å². The van der Waals surface area contributed by atoms with Gasteiger partial charge in [0.25, 0.3) is 5.91 Å². The van der Waals surface area contributed by atoms with E-state index >= 15 is 0 Å². The number of aromatic nitrogens is 1. The van der Waals surface area contributed by atoms with Crippen LogP contribution in [0.2, 0.25) is 0 Å². The van der Waals surface area contributed by atoms with Crippen molar-refractivity contribution in [3.8, 4) is 0 Å². The first-order valence-corrected chi connectivity index (χ1v) is 6.86. The smallest absolute Gasteiger partial charge is 0.267 e. The van der Waals surface area contributed by atoms with E-state index in [1.165, 1.54) is 11.3 Å². The summed E-state index contributed by atoms with van der Waals surface area (Å²) in [6.07, 6.45) is 0. The number of carbonyl (C=O) groups is 1. The van der Waals surface area contributed by atoms with Crippen LogP contribution in [-0.4, -0.2) is 17.9 Å². The molecule has 0 unspecified atom stereocenters. The van der Waals surface area contributed by atoms with E-state index in [0.29, 0.717) is 4.88 Å². The van der Waals surface area contributed by atoms with Crippen LogP contribution in [0.5, 0.6) is 0 Å². The highest BCUT2D eigenvalue weighted by molar-refractivity contribution is 7.17. The van der Waals surface area contributed by atoms with Crippen molar-refractivity contribution in [3.05, 3.63) is 39.9 Å². The lowest BCUT2D eigenvalue weighted by atomic mass is 10.1. The number of hydrogen-bond acceptors (Lipinski definition) is 4. The zero-order valence-corrected chi connectivity index (χ0v) is 12.3. The summed E-state index contributed by atoms with van der Waals surface area (Å²) in [5.41, 5.74) is 3.83. The fourth-order valence-corrected chi connectivity index (χ4v) is 2.76. The van der Waals surface area contributed by atoms with Gasteiger partial charge in [-0.05, 0) is 44.0 Å². The Bertz CT molecular complexity index is 599. The standard InChI is InChI=1S/C14H17N3OS/c1-8-5-9(2)7-11(6-8)17-13(18)12-10(3)16-14(15-4)19-12/h5-7H,1-4H3,(H,15,16)(H,17,18). The van der Waals surface area contributed by atoms with Crippen molar-refractivity contribution >= 4 is 28.1 Å². The molecular weight excluding hydrogens is 258 g/mol. The highest BCUT2D eigenvalue weighted by atomic mass is 32.1. The summed E-state index contributed by atoms with van der Waals surface area (Å²) in [7, 11) is 1.80. The van der Waals surface area contributed by atoms with E-state index in [2.05, 4.69) is 21.7 Å². The topological polar surface area (TPSA) is 54.0 Å². The number of rotatable bonds is 3. The molecule has 0 radical (unpaired) electrons. The second-order valence-corrected chi connectivity index (χ2v) is 5.51. The second-order valence-electron chi connectivity index (χ2n) is 4.51. The van der Waals surface area contributed by atoms with Crippen LogP contribution in [0.1, 0.15) is 26.5 Å². The largest absolute Gasteiger partial charge is 0.365 e. The fourth-order valence-electron chi connectivity index (χ4n) is 1.95. The SMILES string of the molecule is CNc1nc(C)c(C(=O)Nc2cc(C)cc(C)c2)s1. The molecule has 0 spiro atoms. The van der Waals surface area contributed by atoms with Gasteiger partial charge in [-0.3, -0.25) is 4.79 Å². The van der Waals surface area contributed by atoms with Crippen molar-refractivity contribution in [3.63, 3.8) is 0 Å². The van der Waals surface area contributed by atoms with Gasteiger partial charge in [0.1, 0.15) is 4.88 Å². The van der Waals surface area contributed by atoms with Gasteiger partial charge in [0.2, 0.25) is 0 Å². The molecule has 1 aromatic carbocycles. The van der Waals surface area contributed by atoms with Crippen molar-refractivity contribution in [2.75, 3.05) is 17.7 Å². The van der Waals surface area contributed by atoms with E-state index in [9.17, 15) is 4.79 Å². The normalized spacial score (nSPS) is 10.3. The van der Waals surface area contributed by atoms with E-state index in [1.807, 2.05) is 32.9 Å². The molecule has 1 amide bonds. The maximum atomic E-state index is 12.2. The second kappa shape index (κ2) is 5.40. The number of benzene rings is 1. The Morgan fingerprint density at radius 3 is 2.32 bits per heavy atom. The molecule has 0 aliphatic carbocycles. The molecule has 2 aromatic rings. The average molecular weight is 275 g/mol. The van der Waals surface area contributed by atoms with Gasteiger partial charge in [-0.1, -0.05) is 17.4 Å². The van der Waals surface area contributed by atoms with Crippen LogP contribution < -0.4 is 10.6 Å². The molecule has 19 heavy (non-hydrogen) atoms. The first-order valence-electron chi connectivity index (χ1n) is 6.04. The first-order chi connectivity index (χ1) is 8.99.